The van der Waals surface area contributed by atoms with Gasteiger partial charge in [-0.2, -0.15) is 0 Å². The molecule has 0 aliphatic carbocycles. The molecule has 1 aliphatic rings. The summed E-state index contributed by atoms with van der Waals surface area (Å²) in [7, 11) is 0. The lowest BCUT2D eigenvalue weighted by Gasteiger charge is -2.46. The Bertz CT molecular complexity index is 393. The van der Waals surface area contributed by atoms with Gasteiger partial charge in [0.05, 0.1) is 0 Å². The number of rotatable bonds is 7. The van der Waals surface area contributed by atoms with Crippen molar-refractivity contribution in [2.45, 2.75) is 64.5 Å². The van der Waals surface area contributed by atoms with Crippen LogP contribution in [0.2, 0.25) is 0 Å². The van der Waals surface area contributed by atoms with Crippen molar-refractivity contribution in [3.8, 4) is 0 Å². The minimum Gasteiger partial charge on any atom is -0.312 e. The van der Waals surface area contributed by atoms with Gasteiger partial charge in [-0.25, -0.2) is 0 Å². The van der Waals surface area contributed by atoms with E-state index in [9.17, 15) is 0 Å². The topological polar surface area (TPSA) is 15.3 Å². The minimum atomic E-state index is 0.241. The summed E-state index contributed by atoms with van der Waals surface area (Å²) in [6, 6.07) is 11.4. The molecule has 0 saturated carbocycles. The molecule has 0 radical (unpaired) electrons. The molecular weight excluding hydrogens is 256 g/mol. The number of piperidine rings is 1. The Morgan fingerprint density at radius 2 is 1.76 bits per heavy atom. The van der Waals surface area contributed by atoms with Crippen molar-refractivity contribution in [2.24, 2.45) is 0 Å². The van der Waals surface area contributed by atoms with Crippen LogP contribution in [0.1, 0.15) is 52.0 Å². The number of hydrogen-bond donors (Lipinski definition) is 1. The van der Waals surface area contributed by atoms with E-state index in [0.29, 0.717) is 6.04 Å². The van der Waals surface area contributed by atoms with Gasteiger partial charge in [-0.05, 0) is 64.7 Å². The summed E-state index contributed by atoms with van der Waals surface area (Å²) >= 11 is 0. The van der Waals surface area contributed by atoms with Gasteiger partial charge in [0.15, 0.2) is 0 Å². The molecule has 2 rings (SSSR count). The first-order valence-electron chi connectivity index (χ1n) is 8.67. The predicted molar refractivity (Wildman–Crippen MR) is 91.7 cm³/mol. The third-order valence-electron chi connectivity index (χ3n) is 5.04. The van der Waals surface area contributed by atoms with Crippen LogP contribution in [0.5, 0.6) is 0 Å². The van der Waals surface area contributed by atoms with E-state index < -0.39 is 0 Å². The monoisotopic (exact) mass is 288 g/mol. The Labute approximate surface area is 130 Å². The van der Waals surface area contributed by atoms with Crippen LogP contribution < -0.4 is 5.32 Å². The summed E-state index contributed by atoms with van der Waals surface area (Å²) in [6.45, 7) is 10.7. The van der Waals surface area contributed by atoms with Gasteiger partial charge < -0.3 is 5.32 Å². The molecule has 2 nitrogen and oxygen atoms in total. The molecule has 118 valence electrons. The zero-order valence-corrected chi connectivity index (χ0v) is 14.1. The van der Waals surface area contributed by atoms with E-state index in [-0.39, 0.29) is 5.54 Å². The van der Waals surface area contributed by atoms with E-state index in [0.717, 1.165) is 13.0 Å². The van der Waals surface area contributed by atoms with Crippen molar-refractivity contribution >= 4 is 0 Å². The SMILES string of the molecule is CCNC(CCc1ccccc1)C(C)(C)N1CCCCC1. The van der Waals surface area contributed by atoms with Crippen LogP contribution in [0.25, 0.3) is 0 Å². The van der Waals surface area contributed by atoms with Crippen LogP contribution in [0.4, 0.5) is 0 Å². The normalized spacial score (nSPS) is 18.6. The zero-order valence-electron chi connectivity index (χ0n) is 14.1. The number of nitrogens with zero attached hydrogens (tertiary/aromatic N) is 1. The molecule has 1 aromatic rings. The summed E-state index contributed by atoms with van der Waals surface area (Å²) < 4.78 is 0. The van der Waals surface area contributed by atoms with Gasteiger partial charge in [0.2, 0.25) is 0 Å². The highest BCUT2D eigenvalue weighted by Gasteiger charge is 2.35. The van der Waals surface area contributed by atoms with Crippen molar-refractivity contribution in [1.82, 2.24) is 10.2 Å². The zero-order chi connectivity index (χ0) is 15.1. The molecule has 1 fully saturated rings. The predicted octanol–water partition coefficient (Wildman–Crippen LogP) is 3.86. The second-order valence-corrected chi connectivity index (χ2v) is 6.84. The van der Waals surface area contributed by atoms with Gasteiger partial charge in [-0.15, -0.1) is 0 Å². The lowest BCUT2D eigenvalue weighted by atomic mass is 9.86. The lowest BCUT2D eigenvalue weighted by molar-refractivity contribution is 0.0588. The standard InChI is InChI=1S/C19H32N2/c1-4-20-18(14-13-17-11-7-5-8-12-17)19(2,3)21-15-9-6-10-16-21/h5,7-8,11-12,18,20H,4,6,9-10,13-16H2,1-3H3. The van der Waals surface area contributed by atoms with E-state index in [1.807, 2.05) is 0 Å². The fraction of sp³-hybridized carbons (Fsp3) is 0.684. The summed E-state index contributed by atoms with van der Waals surface area (Å²) in [5.41, 5.74) is 1.69. The number of nitrogens with one attached hydrogen (secondary N) is 1. The van der Waals surface area contributed by atoms with Crippen molar-refractivity contribution in [2.75, 3.05) is 19.6 Å². The minimum absolute atomic E-state index is 0.241. The summed E-state index contributed by atoms with van der Waals surface area (Å²) in [6.07, 6.45) is 6.50. The van der Waals surface area contributed by atoms with E-state index in [1.165, 1.54) is 44.3 Å². The Hall–Kier alpha value is -0.860. The highest BCUT2D eigenvalue weighted by molar-refractivity contribution is 5.15. The molecule has 1 aliphatic heterocycles. The van der Waals surface area contributed by atoms with Crippen LogP contribution in [0.15, 0.2) is 30.3 Å². The van der Waals surface area contributed by atoms with Gasteiger partial charge in [0.25, 0.3) is 0 Å². The number of likely N-dealkylation sites (N-methyl/N-ethyl adjacent to an activating group) is 1. The first kappa shape index (κ1) is 16.5. The van der Waals surface area contributed by atoms with Gasteiger partial charge >= 0.3 is 0 Å². The first-order chi connectivity index (χ1) is 10.1. The number of hydrogen-bond acceptors (Lipinski definition) is 2. The maximum Gasteiger partial charge on any atom is 0.0306 e. The van der Waals surface area contributed by atoms with E-state index in [1.54, 1.807) is 0 Å². The Kier molecular flexibility index (Phi) is 6.25. The quantitative estimate of drug-likeness (QED) is 0.819. The van der Waals surface area contributed by atoms with Crippen LogP contribution >= 0.6 is 0 Å². The van der Waals surface area contributed by atoms with E-state index in [2.05, 4.69) is 61.3 Å². The average Bonchev–Trinajstić information content (AvgIpc) is 2.53. The maximum atomic E-state index is 3.75. The fourth-order valence-corrected chi connectivity index (χ4v) is 3.60. The average molecular weight is 288 g/mol. The first-order valence-corrected chi connectivity index (χ1v) is 8.67. The van der Waals surface area contributed by atoms with Crippen molar-refractivity contribution in [3.05, 3.63) is 35.9 Å². The Morgan fingerprint density at radius 1 is 1.10 bits per heavy atom. The third kappa shape index (κ3) is 4.55. The highest BCUT2D eigenvalue weighted by atomic mass is 15.2. The fourth-order valence-electron chi connectivity index (χ4n) is 3.60. The largest absolute Gasteiger partial charge is 0.312 e. The molecule has 1 heterocycles. The highest BCUT2D eigenvalue weighted by Crippen LogP contribution is 2.26. The summed E-state index contributed by atoms with van der Waals surface area (Å²) in [5, 5.41) is 3.75. The second-order valence-electron chi connectivity index (χ2n) is 6.84. The van der Waals surface area contributed by atoms with Crippen molar-refractivity contribution in [1.29, 1.82) is 0 Å². The molecule has 1 unspecified atom stereocenters. The summed E-state index contributed by atoms with van der Waals surface area (Å²) in [5.74, 6) is 0. The molecule has 0 aromatic heterocycles. The van der Waals surface area contributed by atoms with Crippen LogP contribution in [0.3, 0.4) is 0 Å². The molecule has 1 saturated heterocycles. The second kappa shape index (κ2) is 7.95. The molecular formula is C19H32N2. The Morgan fingerprint density at radius 3 is 2.38 bits per heavy atom. The van der Waals surface area contributed by atoms with Crippen molar-refractivity contribution in [3.63, 3.8) is 0 Å². The molecule has 1 atom stereocenters. The molecule has 0 bridgehead atoms. The van der Waals surface area contributed by atoms with Crippen LogP contribution in [-0.2, 0) is 6.42 Å². The van der Waals surface area contributed by atoms with Gasteiger partial charge in [-0.1, -0.05) is 43.7 Å². The van der Waals surface area contributed by atoms with E-state index in [4.69, 9.17) is 0 Å². The Balaban J connectivity index is 1.99. The smallest absolute Gasteiger partial charge is 0.0306 e. The van der Waals surface area contributed by atoms with E-state index >= 15 is 0 Å². The number of aryl methyl sites for hydroxylation is 1. The van der Waals surface area contributed by atoms with Gasteiger partial charge in [0.1, 0.15) is 0 Å². The molecule has 1 N–H and O–H groups in total. The number of benzene rings is 1. The molecule has 0 spiro atoms. The molecule has 2 heteroatoms. The van der Waals surface area contributed by atoms with Gasteiger partial charge in [-0.3, -0.25) is 4.90 Å². The maximum absolute atomic E-state index is 3.75. The van der Waals surface area contributed by atoms with Gasteiger partial charge in [0, 0.05) is 11.6 Å². The molecule has 21 heavy (non-hydrogen) atoms. The van der Waals surface area contributed by atoms with Crippen LogP contribution in [0, 0.1) is 0 Å². The third-order valence-corrected chi connectivity index (χ3v) is 5.04. The van der Waals surface area contributed by atoms with Crippen LogP contribution in [-0.4, -0.2) is 36.1 Å². The summed E-state index contributed by atoms with van der Waals surface area (Å²) in [4.78, 5) is 2.70. The lowest BCUT2D eigenvalue weighted by Crippen LogP contribution is -2.59. The number of likely N-dealkylation sites (tertiary alicyclic amines) is 1. The van der Waals surface area contributed by atoms with Crippen molar-refractivity contribution < 1.29 is 0 Å². The molecule has 1 aromatic carbocycles. The molecule has 0 amide bonds.